The number of aromatic nitrogens is 1. The Balaban J connectivity index is 2.69. The SMILES string of the molecule is C=C(C)COc1cccn(CCCCN)c1=O. The van der Waals surface area contributed by atoms with E-state index in [9.17, 15) is 4.79 Å². The first kappa shape index (κ1) is 13.5. The third kappa shape index (κ3) is 4.44. The topological polar surface area (TPSA) is 57.2 Å². The van der Waals surface area contributed by atoms with Crippen LogP contribution in [0.15, 0.2) is 35.3 Å². The van der Waals surface area contributed by atoms with Gasteiger partial charge in [0.1, 0.15) is 6.61 Å². The summed E-state index contributed by atoms with van der Waals surface area (Å²) in [4.78, 5) is 12.0. The van der Waals surface area contributed by atoms with Crippen LogP contribution in [0.1, 0.15) is 19.8 Å². The fourth-order valence-corrected chi connectivity index (χ4v) is 1.43. The predicted octanol–water partition coefficient (Wildman–Crippen LogP) is 1.54. The number of unbranched alkanes of at least 4 members (excludes halogenated alkanes) is 1. The van der Waals surface area contributed by atoms with Gasteiger partial charge in [-0.3, -0.25) is 4.79 Å². The zero-order chi connectivity index (χ0) is 12.7. The molecular weight excluding hydrogens is 216 g/mol. The zero-order valence-electron chi connectivity index (χ0n) is 10.3. The van der Waals surface area contributed by atoms with E-state index in [1.807, 2.05) is 13.0 Å². The van der Waals surface area contributed by atoms with Crippen LogP contribution in [0.5, 0.6) is 5.75 Å². The first-order valence-corrected chi connectivity index (χ1v) is 5.82. The van der Waals surface area contributed by atoms with Crippen LogP contribution in [0.4, 0.5) is 0 Å². The van der Waals surface area contributed by atoms with E-state index in [0.29, 0.717) is 25.4 Å². The summed E-state index contributed by atoms with van der Waals surface area (Å²) >= 11 is 0. The van der Waals surface area contributed by atoms with Crippen LogP contribution in [0.3, 0.4) is 0 Å². The molecule has 0 fully saturated rings. The quantitative estimate of drug-likeness (QED) is 0.577. The van der Waals surface area contributed by atoms with Gasteiger partial charge in [-0.25, -0.2) is 0 Å². The molecule has 0 atom stereocenters. The number of aryl methyl sites for hydroxylation is 1. The lowest BCUT2D eigenvalue weighted by atomic mass is 10.3. The fourth-order valence-electron chi connectivity index (χ4n) is 1.43. The van der Waals surface area contributed by atoms with Crippen molar-refractivity contribution in [2.45, 2.75) is 26.3 Å². The lowest BCUT2D eigenvalue weighted by Gasteiger charge is -2.09. The molecule has 4 nitrogen and oxygen atoms in total. The first-order chi connectivity index (χ1) is 8.15. The summed E-state index contributed by atoms with van der Waals surface area (Å²) in [7, 11) is 0. The number of hydrogen-bond acceptors (Lipinski definition) is 3. The summed E-state index contributed by atoms with van der Waals surface area (Å²) in [5, 5.41) is 0. The molecule has 94 valence electrons. The van der Waals surface area contributed by atoms with Gasteiger partial charge in [-0.05, 0) is 44.0 Å². The Bertz CT molecular complexity index is 424. The van der Waals surface area contributed by atoms with Gasteiger partial charge in [0.2, 0.25) is 0 Å². The first-order valence-electron chi connectivity index (χ1n) is 5.82. The normalized spacial score (nSPS) is 10.2. The van der Waals surface area contributed by atoms with E-state index in [1.165, 1.54) is 0 Å². The van der Waals surface area contributed by atoms with Crippen molar-refractivity contribution < 1.29 is 4.74 Å². The summed E-state index contributed by atoms with van der Waals surface area (Å²) < 4.78 is 7.04. The standard InChI is InChI=1S/C13H20N2O2/c1-11(2)10-17-12-6-5-9-15(13(12)16)8-4-3-7-14/h5-6,9H,1,3-4,7-8,10,14H2,2H3. The maximum absolute atomic E-state index is 12.0. The number of ether oxygens (including phenoxy) is 1. The molecule has 1 aromatic rings. The second kappa shape index (κ2) is 6.91. The molecule has 1 aromatic heterocycles. The highest BCUT2D eigenvalue weighted by molar-refractivity contribution is 5.18. The molecule has 0 aliphatic heterocycles. The minimum atomic E-state index is -0.0919. The van der Waals surface area contributed by atoms with Gasteiger partial charge in [-0.2, -0.15) is 0 Å². The van der Waals surface area contributed by atoms with Gasteiger partial charge in [0.05, 0.1) is 0 Å². The van der Waals surface area contributed by atoms with Crippen molar-refractivity contribution in [1.82, 2.24) is 4.57 Å². The molecule has 4 heteroatoms. The molecule has 0 unspecified atom stereocenters. The van der Waals surface area contributed by atoms with Crippen molar-refractivity contribution in [3.63, 3.8) is 0 Å². The van der Waals surface area contributed by atoms with Crippen LogP contribution in [0, 0.1) is 0 Å². The number of hydrogen-bond donors (Lipinski definition) is 1. The van der Waals surface area contributed by atoms with Crippen LogP contribution in [-0.4, -0.2) is 17.7 Å². The third-order valence-electron chi connectivity index (χ3n) is 2.31. The molecule has 0 bridgehead atoms. The molecule has 0 spiro atoms. The minimum absolute atomic E-state index is 0.0919. The number of nitrogens with two attached hydrogens (primary N) is 1. The third-order valence-corrected chi connectivity index (χ3v) is 2.31. The van der Waals surface area contributed by atoms with Gasteiger partial charge in [0.25, 0.3) is 5.56 Å². The summed E-state index contributed by atoms with van der Waals surface area (Å²) in [6, 6.07) is 3.50. The smallest absolute Gasteiger partial charge is 0.292 e. The molecular formula is C13H20N2O2. The van der Waals surface area contributed by atoms with Crippen LogP contribution in [-0.2, 0) is 6.54 Å². The summed E-state index contributed by atoms with van der Waals surface area (Å²) in [5.74, 6) is 0.378. The summed E-state index contributed by atoms with van der Waals surface area (Å²) in [5.41, 5.74) is 6.22. The largest absolute Gasteiger partial charge is 0.484 e. The Morgan fingerprint density at radius 3 is 2.94 bits per heavy atom. The number of nitrogens with zero attached hydrogens (tertiary/aromatic N) is 1. The molecule has 0 radical (unpaired) electrons. The molecule has 17 heavy (non-hydrogen) atoms. The molecule has 0 aliphatic carbocycles. The molecule has 2 N–H and O–H groups in total. The van der Waals surface area contributed by atoms with Gasteiger partial charge in [0.15, 0.2) is 5.75 Å². The van der Waals surface area contributed by atoms with Crippen molar-refractivity contribution >= 4 is 0 Å². The summed E-state index contributed by atoms with van der Waals surface area (Å²) in [6.45, 7) is 7.31. The van der Waals surface area contributed by atoms with Crippen LogP contribution >= 0.6 is 0 Å². The van der Waals surface area contributed by atoms with Gasteiger partial charge >= 0.3 is 0 Å². The van der Waals surface area contributed by atoms with Crippen LogP contribution in [0.25, 0.3) is 0 Å². The van der Waals surface area contributed by atoms with E-state index < -0.39 is 0 Å². The van der Waals surface area contributed by atoms with Crippen molar-refractivity contribution in [2.75, 3.05) is 13.2 Å². The number of pyridine rings is 1. The molecule has 0 saturated carbocycles. The van der Waals surface area contributed by atoms with E-state index in [2.05, 4.69) is 6.58 Å². The maximum Gasteiger partial charge on any atom is 0.292 e. The minimum Gasteiger partial charge on any atom is -0.484 e. The lowest BCUT2D eigenvalue weighted by Crippen LogP contribution is -2.22. The Labute approximate surface area is 102 Å². The highest BCUT2D eigenvalue weighted by Crippen LogP contribution is 2.04. The van der Waals surface area contributed by atoms with E-state index >= 15 is 0 Å². The summed E-state index contributed by atoms with van der Waals surface area (Å²) in [6.07, 6.45) is 3.59. The average molecular weight is 236 g/mol. The van der Waals surface area contributed by atoms with E-state index in [4.69, 9.17) is 10.5 Å². The molecule has 0 aliphatic rings. The van der Waals surface area contributed by atoms with Crippen molar-refractivity contribution in [2.24, 2.45) is 5.73 Å². The fraction of sp³-hybridized carbons (Fsp3) is 0.462. The Hall–Kier alpha value is -1.55. The van der Waals surface area contributed by atoms with Gasteiger partial charge in [-0.15, -0.1) is 0 Å². The highest BCUT2D eigenvalue weighted by atomic mass is 16.5. The zero-order valence-corrected chi connectivity index (χ0v) is 10.3. The number of rotatable bonds is 7. The van der Waals surface area contributed by atoms with Gasteiger partial charge in [-0.1, -0.05) is 6.58 Å². The second-order valence-electron chi connectivity index (χ2n) is 4.11. The van der Waals surface area contributed by atoms with E-state index in [-0.39, 0.29) is 5.56 Å². The van der Waals surface area contributed by atoms with Crippen LogP contribution in [0.2, 0.25) is 0 Å². The predicted molar refractivity (Wildman–Crippen MR) is 69.3 cm³/mol. The maximum atomic E-state index is 12.0. The Kier molecular flexibility index (Phi) is 5.49. The monoisotopic (exact) mass is 236 g/mol. The van der Waals surface area contributed by atoms with Crippen molar-refractivity contribution in [3.8, 4) is 5.75 Å². The molecule has 1 rings (SSSR count). The molecule has 0 saturated heterocycles. The molecule has 0 amide bonds. The van der Waals surface area contributed by atoms with Crippen molar-refractivity contribution in [1.29, 1.82) is 0 Å². The van der Waals surface area contributed by atoms with E-state index in [0.717, 1.165) is 18.4 Å². The second-order valence-corrected chi connectivity index (χ2v) is 4.11. The molecule has 1 heterocycles. The Morgan fingerprint density at radius 2 is 2.29 bits per heavy atom. The molecule has 0 aromatic carbocycles. The average Bonchev–Trinajstić information content (AvgIpc) is 2.30. The van der Waals surface area contributed by atoms with Crippen molar-refractivity contribution in [3.05, 3.63) is 40.8 Å². The van der Waals surface area contributed by atoms with Gasteiger partial charge < -0.3 is 15.0 Å². The Morgan fingerprint density at radius 1 is 1.53 bits per heavy atom. The lowest BCUT2D eigenvalue weighted by molar-refractivity contribution is 0.343. The van der Waals surface area contributed by atoms with Crippen LogP contribution < -0.4 is 16.0 Å². The highest BCUT2D eigenvalue weighted by Gasteiger charge is 2.03. The van der Waals surface area contributed by atoms with E-state index in [1.54, 1.807) is 16.8 Å². The van der Waals surface area contributed by atoms with Gasteiger partial charge in [0, 0.05) is 12.7 Å².